The van der Waals surface area contributed by atoms with Crippen molar-refractivity contribution in [2.24, 2.45) is 0 Å². The standard InChI is InChI=1S/C25H21N3O4/c1-2-32-18-10-8-17(9-11-18)28-24(30)19-12-7-16(15-20(19)25(28)31)23(29)27-14-4-5-21-22(27)6-3-13-26-21/h3,6-13,15H,2,4-5,14H2,1H3. The third kappa shape index (κ3) is 3.22. The van der Waals surface area contributed by atoms with Gasteiger partial charge in [0.1, 0.15) is 5.75 Å². The van der Waals surface area contributed by atoms with Gasteiger partial charge in [0.2, 0.25) is 0 Å². The second-order valence-electron chi connectivity index (χ2n) is 7.66. The van der Waals surface area contributed by atoms with Gasteiger partial charge in [-0.15, -0.1) is 0 Å². The molecule has 0 N–H and O–H groups in total. The second-order valence-corrected chi connectivity index (χ2v) is 7.66. The van der Waals surface area contributed by atoms with Gasteiger partial charge in [-0.25, -0.2) is 4.90 Å². The Balaban J connectivity index is 1.45. The number of hydrogen-bond acceptors (Lipinski definition) is 5. The Bertz CT molecular complexity index is 1240. The molecular formula is C25H21N3O4. The van der Waals surface area contributed by atoms with E-state index < -0.39 is 11.8 Å². The molecule has 2 aromatic carbocycles. The number of anilines is 2. The summed E-state index contributed by atoms with van der Waals surface area (Å²) in [6.45, 7) is 3.00. The van der Waals surface area contributed by atoms with E-state index in [2.05, 4.69) is 4.98 Å². The number of hydrogen-bond donors (Lipinski definition) is 0. The quantitative estimate of drug-likeness (QED) is 0.591. The molecule has 0 fully saturated rings. The maximum Gasteiger partial charge on any atom is 0.266 e. The van der Waals surface area contributed by atoms with Crippen LogP contribution in [-0.4, -0.2) is 35.9 Å². The van der Waals surface area contributed by atoms with Gasteiger partial charge in [0.25, 0.3) is 17.7 Å². The average Bonchev–Trinajstić information content (AvgIpc) is 3.08. The van der Waals surface area contributed by atoms with Gasteiger partial charge in [-0.2, -0.15) is 0 Å². The number of pyridine rings is 1. The van der Waals surface area contributed by atoms with Crippen molar-refractivity contribution in [1.29, 1.82) is 0 Å². The zero-order chi connectivity index (χ0) is 22.2. The van der Waals surface area contributed by atoms with E-state index in [1.54, 1.807) is 47.5 Å². The van der Waals surface area contributed by atoms with E-state index in [1.807, 2.05) is 19.1 Å². The molecule has 0 aliphatic carbocycles. The Morgan fingerprint density at radius 3 is 2.59 bits per heavy atom. The Morgan fingerprint density at radius 2 is 1.81 bits per heavy atom. The second kappa shape index (κ2) is 7.92. The fourth-order valence-electron chi connectivity index (χ4n) is 4.23. The van der Waals surface area contributed by atoms with Gasteiger partial charge < -0.3 is 9.64 Å². The van der Waals surface area contributed by atoms with Gasteiger partial charge >= 0.3 is 0 Å². The van der Waals surface area contributed by atoms with Crippen LogP contribution in [0.15, 0.2) is 60.8 Å². The molecule has 0 bridgehead atoms. The highest BCUT2D eigenvalue weighted by Gasteiger charge is 2.37. The number of fused-ring (bicyclic) bond motifs is 2. The maximum atomic E-state index is 13.3. The molecule has 1 aromatic heterocycles. The van der Waals surface area contributed by atoms with Crippen molar-refractivity contribution >= 4 is 29.1 Å². The van der Waals surface area contributed by atoms with E-state index in [0.717, 1.165) is 29.1 Å². The molecule has 2 aliphatic heterocycles. The van der Waals surface area contributed by atoms with Crippen LogP contribution in [0.3, 0.4) is 0 Å². The van der Waals surface area contributed by atoms with Crippen molar-refractivity contribution in [1.82, 2.24) is 4.98 Å². The van der Waals surface area contributed by atoms with Crippen LogP contribution >= 0.6 is 0 Å². The minimum absolute atomic E-state index is 0.207. The number of ether oxygens (including phenoxy) is 1. The highest BCUT2D eigenvalue weighted by atomic mass is 16.5. The average molecular weight is 427 g/mol. The van der Waals surface area contributed by atoms with Crippen LogP contribution in [0, 0.1) is 0 Å². The van der Waals surface area contributed by atoms with Crippen LogP contribution in [0.4, 0.5) is 11.4 Å². The van der Waals surface area contributed by atoms with E-state index in [0.29, 0.717) is 35.7 Å². The van der Waals surface area contributed by atoms with E-state index in [9.17, 15) is 14.4 Å². The lowest BCUT2D eigenvalue weighted by molar-refractivity contribution is 0.0925. The van der Waals surface area contributed by atoms with E-state index in [-0.39, 0.29) is 11.5 Å². The number of carbonyl (C=O) groups excluding carboxylic acids is 3. The summed E-state index contributed by atoms with van der Waals surface area (Å²) in [4.78, 5) is 46.5. The lowest BCUT2D eigenvalue weighted by atomic mass is 10.0. The topological polar surface area (TPSA) is 79.8 Å². The SMILES string of the molecule is CCOc1ccc(N2C(=O)c3ccc(C(=O)N4CCCc5ncccc54)cc3C2=O)cc1. The van der Waals surface area contributed by atoms with Crippen molar-refractivity contribution in [3.8, 4) is 5.75 Å². The zero-order valence-corrected chi connectivity index (χ0v) is 17.6. The summed E-state index contributed by atoms with van der Waals surface area (Å²) < 4.78 is 5.43. The molecule has 0 spiro atoms. The first-order chi connectivity index (χ1) is 15.6. The number of carbonyl (C=O) groups is 3. The number of benzene rings is 2. The third-order valence-corrected chi connectivity index (χ3v) is 5.74. The Labute approximate surface area is 185 Å². The van der Waals surface area contributed by atoms with Crippen LogP contribution in [0.2, 0.25) is 0 Å². The molecule has 0 saturated heterocycles. The van der Waals surface area contributed by atoms with Crippen LogP contribution in [0.1, 0.15) is 50.1 Å². The van der Waals surface area contributed by atoms with Gasteiger partial charge in [-0.1, -0.05) is 0 Å². The van der Waals surface area contributed by atoms with E-state index >= 15 is 0 Å². The molecule has 7 heteroatoms. The number of imide groups is 1. The molecule has 160 valence electrons. The van der Waals surface area contributed by atoms with E-state index in [4.69, 9.17) is 4.74 Å². The van der Waals surface area contributed by atoms with Crippen molar-refractivity contribution in [3.05, 3.63) is 83.2 Å². The highest BCUT2D eigenvalue weighted by Crippen LogP contribution is 2.32. The number of amides is 3. The predicted octanol–water partition coefficient (Wildman–Crippen LogP) is 3.87. The molecule has 0 atom stereocenters. The van der Waals surface area contributed by atoms with E-state index in [1.165, 1.54) is 6.07 Å². The van der Waals surface area contributed by atoms with Crippen LogP contribution in [0.25, 0.3) is 0 Å². The van der Waals surface area contributed by atoms with Crippen molar-refractivity contribution in [2.45, 2.75) is 19.8 Å². The molecule has 3 amide bonds. The zero-order valence-electron chi connectivity index (χ0n) is 17.6. The van der Waals surface area contributed by atoms with Gasteiger partial charge in [0.15, 0.2) is 0 Å². The third-order valence-electron chi connectivity index (χ3n) is 5.74. The summed E-state index contributed by atoms with van der Waals surface area (Å²) >= 11 is 0. The number of aryl methyl sites for hydroxylation is 1. The number of nitrogens with zero attached hydrogens (tertiary/aromatic N) is 3. The number of aromatic nitrogens is 1. The van der Waals surface area contributed by atoms with Gasteiger partial charge in [-0.3, -0.25) is 19.4 Å². The monoisotopic (exact) mass is 427 g/mol. The summed E-state index contributed by atoms with van der Waals surface area (Å²) in [5.74, 6) is -0.385. The Hall–Kier alpha value is -4.00. The largest absolute Gasteiger partial charge is 0.494 e. The molecule has 7 nitrogen and oxygen atoms in total. The molecule has 0 radical (unpaired) electrons. The van der Waals surface area contributed by atoms with Crippen LogP contribution < -0.4 is 14.5 Å². The van der Waals surface area contributed by atoms with Crippen molar-refractivity contribution in [3.63, 3.8) is 0 Å². The first-order valence-corrected chi connectivity index (χ1v) is 10.6. The van der Waals surface area contributed by atoms with Crippen molar-refractivity contribution < 1.29 is 19.1 Å². The Kier molecular flexibility index (Phi) is 4.93. The predicted molar refractivity (Wildman–Crippen MR) is 119 cm³/mol. The first-order valence-electron chi connectivity index (χ1n) is 10.6. The van der Waals surface area contributed by atoms with Gasteiger partial charge in [0.05, 0.1) is 34.8 Å². The fourth-order valence-corrected chi connectivity index (χ4v) is 4.23. The molecule has 0 saturated carbocycles. The fraction of sp³-hybridized carbons (Fsp3) is 0.200. The molecule has 3 heterocycles. The molecule has 3 aromatic rings. The smallest absolute Gasteiger partial charge is 0.266 e. The summed E-state index contributed by atoms with van der Waals surface area (Å²) in [5, 5.41) is 0. The molecule has 0 unspecified atom stereocenters. The lowest BCUT2D eigenvalue weighted by Crippen LogP contribution is -2.35. The summed E-state index contributed by atoms with van der Waals surface area (Å²) in [6, 6.07) is 15.2. The highest BCUT2D eigenvalue weighted by molar-refractivity contribution is 6.34. The molecule has 2 aliphatic rings. The minimum Gasteiger partial charge on any atom is -0.494 e. The minimum atomic E-state index is -0.440. The molecule has 32 heavy (non-hydrogen) atoms. The molecule has 5 rings (SSSR count). The van der Waals surface area contributed by atoms with Crippen molar-refractivity contribution in [2.75, 3.05) is 23.0 Å². The first kappa shape index (κ1) is 19.9. The number of rotatable bonds is 4. The van der Waals surface area contributed by atoms with Crippen LogP contribution in [0.5, 0.6) is 5.75 Å². The summed E-state index contributed by atoms with van der Waals surface area (Å²) in [5.41, 5.74) is 3.04. The normalized spacial score (nSPS) is 14.9. The summed E-state index contributed by atoms with van der Waals surface area (Å²) in [7, 11) is 0. The lowest BCUT2D eigenvalue weighted by Gasteiger charge is -2.28. The Morgan fingerprint density at radius 1 is 1.03 bits per heavy atom. The van der Waals surface area contributed by atoms with Gasteiger partial charge in [0, 0.05) is 18.3 Å². The van der Waals surface area contributed by atoms with Crippen LogP contribution in [-0.2, 0) is 6.42 Å². The van der Waals surface area contributed by atoms with Gasteiger partial charge in [-0.05, 0) is 74.4 Å². The maximum absolute atomic E-state index is 13.3. The summed E-state index contributed by atoms with van der Waals surface area (Å²) in [6.07, 6.45) is 3.37. The molecular weight excluding hydrogens is 406 g/mol.